The second-order valence-electron chi connectivity index (χ2n) is 5.09. The van der Waals surface area contributed by atoms with Crippen molar-refractivity contribution in [2.45, 2.75) is 17.7 Å². The highest BCUT2D eigenvalue weighted by Gasteiger charge is 2.30. The molecule has 0 aliphatic carbocycles. The molecule has 0 bridgehead atoms. The number of sulfone groups is 1. The lowest BCUT2D eigenvalue weighted by atomic mass is 9.98. The standard InChI is InChI=1S/C14H17NO5S/c16-13(15-8-4-5-11(9-15)14(17)18)10-21(19,20)12-6-2-1-3-7-12/h1-3,6-7,11H,4-5,8-10H2,(H,17,18). The van der Waals surface area contributed by atoms with Crippen LogP contribution in [-0.4, -0.2) is 49.1 Å². The van der Waals surface area contributed by atoms with Gasteiger partial charge in [0.05, 0.1) is 10.8 Å². The normalized spacial score (nSPS) is 19.2. The smallest absolute Gasteiger partial charge is 0.308 e. The molecule has 0 aromatic heterocycles. The van der Waals surface area contributed by atoms with Crippen molar-refractivity contribution in [3.05, 3.63) is 30.3 Å². The Morgan fingerprint density at radius 2 is 1.90 bits per heavy atom. The molecule has 6 nitrogen and oxygen atoms in total. The fourth-order valence-electron chi connectivity index (χ4n) is 2.37. The lowest BCUT2D eigenvalue weighted by molar-refractivity contribution is -0.145. The van der Waals surface area contributed by atoms with E-state index in [-0.39, 0.29) is 11.4 Å². The van der Waals surface area contributed by atoms with E-state index in [9.17, 15) is 18.0 Å². The molecule has 1 fully saturated rings. The van der Waals surface area contributed by atoms with Gasteiger partial charge < -0.3 is 10.0 Å². The van der Waals surface area contributed by atoms with Crippen LogP contribution in [0.1, 0.15) is 12.8 Å². The van der Waals surface area contributed by atoms with E-state index >= 15 is 0 Å². The van der Waals surface area contributed by atoms with E-state index in [0.29, 0.717) is 19.4 Å². The molecule has 1 amide bonds. The van der Waals surface area contributed by atoms with Crippen LogP contribution in [0.5, 0.6) is 0 Å². The Morgan fingerprint density at radius 1 is 1.24 bits per heavy atom. The topological polar surface area (TPSA) is 91.8 Å². The predicted molar refractivity (Wildman–Crippen MR) is 75.4 cm³/mol. The first-order valence-electron chi connectivity index (χ1n) is 6.68. The van der Waals surface area contributed by atoms with E-state index in [2.05, 4.69) is 0 Å². The Kier molecular flexibility index (Phi) is 4.62. The minimum Gasteiger partial charge on any atom is -0.481 e. The van der Waals surface area contributed by atoms with Crippen LogP contribution >= 0.6 is 0 Å². The summed E-state index contributed by atoms with van der Waals surface area (Å²) in [6.07, 6.45) is 1.10. The summed E-state index contributed by atoms with van der Waals surface area (Å²) in [4.78, 5) is 24.5. The van der Waals surface area contributed by atoms with E-state index in [4.69, 9.17) is 5.11 Å². The predicted octanol–water partition coefficient (Wildman–Crippen LogP) is 0.783. The van der Waals surface area contributed by atoms with E-state index in [1.807, 2.05) is 0 Å². The Morgan fingerprint density at radius 3 is 2.52 bits per heavy atom. The van der Waals surface area contributed by atoms with Gasteiger partial charge in [-0.1, -0.05) is 18.2 Å². The number of carboxylic acids is 1. The first-order valence-corrected chi connectivity index (χ1v) is 8.34. The lowest BCUT2D eigenvalue weighted by Crippen LogP contribution is -2.44. The molecular weight excluding hydrogens is 294 g/mol. The van der Waals surface area contributed by atoms with E-state index in [1.54, 1.807) is 18.2 Å². The minimum absolute atomic E-state index is 0.0818. The van der Waals surface area contributed by atoms with Crippen LogP contribution in [0.15, 0.2) is 35.2 Å². The van der Waals surface area contributed by atoms with Crippen molar-refractivity contribution in [2.75, 3.05) is 18.8 Å². The number of carbonyl (C=O) groups excluding carboxylic acids is 1. The van der Waals surface area contributed by atoms with Crippen molar-refractivity contribution >= 4 is 21.7 Å². The summed E-state index contributed by atoms with van der Waals surface area (Å²) in [6, 6.07) is 7.78. The van der Waals surface area contributed by atoms with Gasteiger partial charge in [-0.2, -0.15) is 0 Å². The molecule has 21 heavy (non-hydrogen) atoms. The van der Waals surface area contributed by atoms with Crippen molar-refractivity contribution in [2.24, 2.45) is 5.92 Å². The quantitative estimate of drug-likeness (QED) is 0.887. The Bertz CT molecular complexity index is 626. The molecule has 1 saturated heterocycles. The first kappa shape index (κ1) is 15.5. The molecule has 1 unspecified atom stereocenters. The van der Waals surface area contributed by atoms with Gasteiger partial charge in [-0.05, 0) is 25.0 Å². The van der Waals surface area contributed by atoms with Crippen LogP contribution in [0.2, 0.25) is 0 Å². The highest BCUT2D eigenvalue weighted by atomic mass is 32.2. The molecule has 1 aromatic rings. The van der Waals surface area contributed by atoms with Gasteiger partial charge in [0.25, 0.3) is 0 Å². The van der Waals surface area contributed by atoms with E-state index < -0.39 is 33.4 Å². The third-order valence-corrected chi connectivity index (χ3v) is 5.16. The molecule has 1 heterocycles. The average Bonchev–Trinajstić information content (AvgIpc) is 2.48. The zero-order chi connectivity index (χ0) is 15.5. The third-order valence-electron chi connectivity index (χ3n) is 3.54. The maximum absolute atomic E-state index is 12.1. The number of rotatable bonds is 4. The number of amides is 1. The largest absolute Gasteiger partial charge is 0.481 e. The summed E-state index contributed by atoms with van der Waals surface area (Å²) < 4.78 is 24.3. The molecule has 1 atom stereocenters. The van der Waals surface area contributed by atoms with Gasteiger partial charge in [0.1, 0.15) is 5.75 Å². The van der Waals surface area contributed by atoms with Gasteiger partial charge in [0.2, 0.25) is 5.91 Å². The second kappa shape index (κ2) is 6.26. The molecule has 1 aliphatic heterocycles. The van der Waals surface area contributed by atoms with Crippen molar-refractivity contribution in [3.63, 3.8) is 0 Å². The number of aliphatic carboxylic acids is 1. The molecule has 7 heteroatoms. The molecule has 1 aromatic carbocycles. The summed E-state index contributed by atoms with van der Waals surface area (Å²) >= 11 is 0. The van der Waals surface area contributed by atoms with Gasteiger partial charge in [-0.25, -0.2) is 8.42 Å². The van der Waals surface area contributed by atoms with Gasteiger partial charge in [-0.15, -0.1) is 0 Å². The molecule has 2 rings (SSSR count). The summed E-state index contributed by atoms with van der Waals surface area (Å²) in [5.74, 6) is -2.71. The minimum atomic E-state index is -3.69. The zero-order valence-corrected chi connectivity index (χ0v) is 12.3. The van der Waals surface area contributed by atoms with Crippen molar-refractivity contribution in [3.8, 4) is 0 Å². The number of benzene rings is 1. The van der Waals surface area contributed by atoms with Gasteiger partial charge in [0, 0.05) is 13.1 Å². The monoisotopic (exact) mass is 311 g/mol. The van der Waals surface area contributed by atoms with Crippen LogP contribution in [0.3, 0.4) is 0 Å². The highest BCUT2D eigenvalue weighted by molar-refractivity contribution is 7.92. The van der Waals surface area contributed by atoms with E-state index in [1.165, 1.54) is 17.0 Å². The van der Waals surface area contributed by atoms with E-state index in [0.717, 1.165) is 0 Å². The summed E-state index contributed by atoms with van der Waals surface area (Å²) in [6.45, 7) is 0.491. The Hall–Kier alpha value is -1.89. The summed E-state index contributed by atoms with van der Waals surface area (Å²) in [5.41, 5.74) is 0. The summed E-state index contributed by atoms with van der Waals surface area (Å²) in [7, 11) is -3.69. The average molecular weight is 311 g/mol. The molecule has 0 saturated carbocycles. The fourth-order valence-corrected chi connectivity index (χ4v) is 3.62. The number of likely N-dealkylation sites (tertiary alicyclic amines) is 1. The number of piperidine rings is 1. The number of carboxylic acid groups (broad SMARTS) is 1. The van der Waals surface area contributed by atoms with Gasteiger partial charge in [0.15, 0.2) is 9.84 Å². The van der Waals surface area contributed by atoms with Crippen LogP contribution in [0.25, 0.3) is 0 Å². The van der Waals surface area contributed by atoms with Crippen molar-refractivity contribution in [1.29, 1.82) is 0 Å². The highest BCUT2D eigenvalue weighted by Crippen LogP contribution is 2.18. The van der Waals surface area contributed by atoms with Crippen molar-refractivity contribution < 1.29 is 23.1 Å². The summed E-state index contributed by atoms with van der Waals surface area (Å²) in [5, 5.41) is 8.99. The van der Waals surface area contributed by atoms with Crippen LogP contribution in [-0.2, 0) is 19.4 Å². The maximum Gasteiger partial charge on any atom is 0.308 e. The zero-order valence-electron chi connectivity index (χ0n) is 11.4. The van der Waals surface area contributed by atoms with Gasteiger partial charge >= 0.3 is 5.97 Å². The molecule has 1 aliphatic rings. The first-order chi connectivity index (χ1) is 9.90. The van der Waals surface area contributed by atoms with Crippen LogP contribution < -0.4 is 0 Å². The Balaban J connectivity index is 2.06. The molecule has 0 spiro atoms. The molecule has 1 N–H and O–H groups in total. The van der Waals surface area contributed by atoms with Crippen molar-refractivity contribution in [1.82, 2.24) is 4.90 Å². The number of hydrogen-bond acceptors (Lipinski definition) is 4. The van der Waals surface area contributed by atoms with Gasteiger partial charge in [-0.3, -0.25) is 9.59 Å². The molecule has 0 radical (unpaired) electrons. The third kappa shape index (κ3) is 3.81. The van der Waals surface area contributed by atoms with Crippen LogP contribution in [0.4, 0.5) is 0 Å². The number of hydrogen-bond donors (Lipinski definition) is 1. The SMILES string of the molecule is O=C(O)C1CCCN(C(=O)CS(=O)(=O)c2ccccc2)C1. The molecule has 114 valence electrons. The number of carbonyl (C=O) groups is 2. The van der Waals surface area contributed by atoms with Crippen LogP contribution in [0, 0.1) is 5.92 Å². The fraction of sp³-hybridized carbons (Fsp3) is 0.429. The molecular formula is C14H17NO5S. The number of nitrogens with zero attached hydrogens (tertiary/aromatic N) is 1. The second-order valence-corrected chi connectivity index (χ2v) is 7.08. The Labute approximate surface area is 123 Å². The lowest BCUT2D eigenvalue weighted by Gasteiger charge is -2.30. The maximum atomic E-state index is 12.1.